The van der Waals surface area contributed by atoms with Crippen molar-refractivity contribution in [2.75, 3.05) is 21.2 Å². The summed E-state index contributed by atoms with van der Waals surface area (Å²) < 4.78 is 4.85. The van der Waals surface area contributed by atoms with Crippen molar-refractivity contribution in [2.45, 2.75) is 0 Å². The minimum atomic E-state index is -0.415. The lowest BCUT2D eigenvalue weighted by atomic mass is 10.0. The monoisotopic (exact) mass is 316 g/mol. The number of methoxy groups -OCH3 is 1. The molecule has 0 unspecified atom stereocenters. The Bertz CT molecular complexity index is 694. The second-order valence-electron chi connectivity index (χ2n) is 4.94. The molecule has 0 spiro atoms. The van der Waals surface area contributed by atoms with Crippen LogP contribution in [-0.2, 0) is 4.74 Å². The van der Waals surface area contributed by atoms with Gasteiger partial charge in [0, 0.05) is 19.1 Å². The number of ether oxygens (including phenoxy) is 1. The highest BCUT2D eigenvalue weighted by atomic mass is 35.5. The molecular formula is C17H17ClN2O2. The van der Waals surface area contributed by atoms with Crippen LogP contribution >= 0.6 is 11.6 Å². The summed E-state index contributed by atoms with van der Waals surface area (Å²) in [5, 5.41) is 0.671. The summed E-state index contributed by atoms with van der Waals surface area (Å²) in [6.45, 7) is 0. The first-order valence-corrected chi connectivity index (χ1v) is 7.08. The maximum atomic E-state index is 12.0. The summed E-state index contributed by atoms with van der Waals surface area (Å²) in [5.41, 5.74) is 2.87. The van der Waals surface area contributed by atoms with Crippen molar-refractivity contribution in [1.29, 1.82) is 0 Å². The lowest BCUT2D eigenvalue weighted by Crippen LogP contribution is -2.08. The number of carbonyl (C=O) groups excluding carboxylic acids is 1. The van der Waals surface area contributed by atoms with E-state index >= 15 is 0 Å². The van der Waals surface area contributed by atoms with Gasteiger partial charge in [-0.2, -0.15) is 0 Å². The van der Waals surface area contributed by atoms with Crippen LogP contribution in [0.25, 0.3) is 11.1 Å². The van der Waals surface area contributed by atoms with Crippen LogP contribution in [0.15, 0.2) is 47.5 Å². The van der Waals surface area contributed by atoms with E-state index in [-0.39, 0.29) is 0 Å². The molecule has 2 rings (SSSR count). The van der Waals surface area contributed by atoms with Crippen molar-refractivity contribution in [2.24, 2.45) is 4.99 Å². The van der Waals surface area contributed by atoms with Gasteiger partial charge in [-0.05, 0) is 35.4 Å². The maximum absolute atomic E-state index is 12.0. The zero-order valence-corrected chi connectivity index (χ0v) is 13.5. The lowest BCUT2D eigenvalue weighted by molar-refractivity contribution is 0.0602. The van der Waals surface area contributed by atoms with Crippen molar-refractivity contribution < 1.29 is 9.53 Å². The van der Waals surface area contributed by atoms with E-state index in [9.17, 15) is 4.79 Å². The van der Waals surface area contributed by atoms with Gasteiger partial charge in [-0.1, -0.05) is 29.8 Å². The molecule has 0 bridgehead atoms. The first-order valence-electron chi connectivity index (χ1n) is 6.70. The number of halogens is 1. The summed E-state index contributed by atoms with van der Waals surface area (Å²) in [6, 6.07) is 12.9. The topological polar surface area (TPSA) is 41.9 Å². The fourth-order valence-electron chi connectivity index (χ4n) is 1.92. The third-order valence-electron chi connectivity index (χ3n) is 3.01. The molecule has 0 aliphatic rings. The number of esters is 1. The third-order valence-corrected chi connectivity index (χ3v) is 3.26. The molecule has 0 saturated heterocycles. The van der Waals surface area contributed by atoms with Crippen LogP contribution in [-0.4, -0.2) is 38.4 Å². The van der Waals surface area contributed by atoms with Gasteiger partial charge >= 0.3 is 5.97 Å². The fourth-order valence-corrected chi connectivity index (χ4v) is 2.05. The Hall–Kier alpha value is -2.33. The van der Waals surface area contributed by atoms with E-state index in [1.165, 1.54) is 7.11 Å². The van der Waals surface area contributed by atoms with Crippen LogP contribution in [0.4, 0.5) is 5.69 Å². The normalized spacial score (nSPS) is 10.7. The summed E-state index contributed by atoms with van der Waals surface area (Å²) in [5.74, 6) is -0.415. The van der Waals surface area contributed by atoms with Gasteiger partial charge in [0.05, 0.1) is 24.7 Å². The smallest absolute Gasteiger partial charge is 0.340 e. The van der Waals surface area contributed by atoms with Gasteiger partial charge in [0.25, 0.3) is 0 Å². The minimum Gasteiger partial charge on any atom is -0.465 e. The molecule has 0 radical (unpaired) electrons. The van der Waals surface area contributed by atoms with E-state index in [1.54, 1.807) is 23.4 Å². The second kappa shape index (κ2) is 7.09. The Kier molecular flexibility index (Phi) is 5.17. The summed E-state index contributed by atoms with van der Waals surface area (Å²) in [7, 11) is 5.09. The van der Waals surface area contributed by atoms with E-state index in [4.69, 9.17) is 16.3 Å². The highest BCUT2D eigenvalue weighted by molar-refractivity contribution is 6.30. The largest absolute Gasteiger partial charge is 0.465 e. The van der Waals surface area contributed by atoms with Gasteiger partial charge in [0.15, 0.2) is 0 Å². The standard InChI is InChI=1S/C17H17ClN2O2/c1-20(2)11-19-16-9-6-13(10-15(16)17(21)22-3)12-4-7-14(18)8-5-12/h4-11H,1-3H3/b19-11+. The Labute approximate surface area is 135 Å². The second-order valence-corrected chi connectivity index (χ2v) is 5.38. The van der Waals surface area contributed by atoms with Crippen LogP contribution in [0.1, 0.15) is 10.4 Å². The molecule has 0 saturated carbocycles. The van der Waals surface area contributed by atoms with Crippen molar-refractivity contribution >= 4 is 29.6 Å². The van der Waals surface area contributed by atoms with E-state index in [0.717, 1.165) is 11.1 Å². The average Bonchev–Trinajstić information content (AvgIpc) is 2.52. The van der Waals surface area contributed by atoms with Crippen LogP contribution in [0, 0.1) is 0 Å². The highest BCUT2D eigenvalue weighted by Gasteiger charge is 2.13. The van der Waals surface area contributed by atoms with Gasteiger partial charge in [-0.25, -0.2) is 9.79 Å². The average molecular weight is 317 g/mol. The molecule has 0 aromatic heterocycles. The zero-order chi connectivity index (χ0) is 16.1. The molecule has 0 aliphatic carbocycles. The van der Waals surface area contributed by atoms with Gasteiger partial charge in [-0.15, -0.1) is 0 Å². The number of rotatable bonds is 4. The molecule has 0 fully saturated rings. The number of hydrogen-bond donors (Lipinski definition) is 0. The number of nitrogens with zero attached hydrogens (tertiary/aromatic N) is 2. The third kappa shape index (κ3) is 3.86. The predicted octanol–water partition coefficient (Wildman–Crippen LogP) is 4.02. The molecule has 2 aromatic rings. The number of benzene rings is 2. The number of aliphatic imine (C=N–C) groups is 1. The molecule has 4 nitrogen and oxygen atoms in total. The molecule has 0 heterocycles. The van der Waals surface area contributed by atoms with E-state index < -0.39 is 5.97 Å². The molecule has 22 heavy (non-hydrogen) atoms. The SMILES string of the molecule is COC(=O)c1cc(-c2ccc(Cl)cc2)ccc1/N=C/N(C)C. The Balaban J connectivity index is 2.47. The quantitative estimate of drug-likeness (QED) is 0.486. The first-order chi connectivity index (χ1) is 10.5. The molecular weight excluding hydrogens is 300 g/mol. The molecule has 0 aliphatic heterocycles. The maximum Gasteiger partial charge on any atom is 0.340 e. The predicted molar refractivity (Wildman–Crippen MR) is 90.1 cm³/mol. The van der Waals surface area contributed by atoms with E-state index in [2.05, 4.69) is 4.99 Å². The first kappa shape index (κ1) is 16.0. The Morgan fingerprint density at radius 1 is 1.14 bits per heavy atom. The molecule has 2 aromatic carbocycles. The minimum absolute atomic E-state index is 0.415. The van der Waals surface area contributed by atoms with Crippen LogP contribution in [0.5, 0.6) is 0 Å². The van der Waals surface area contributed by atoms with Gasteiger partial charge < -0.3 is 9.64 Å². The summed E-state index contributed by atoms with van der Waals surface area (Å²) >= 11 is 5.90. The van der Waals surface area contributed by atoms with Crippen molar-refractivity contribution in [1.82, 2.24) is 4.90 Å². The van der Waals surface area contributed by atoms with E-state index in [1.807, 2.05) is 44.4 Å². The molecule has 0 N–H and O–H groups in total. The van der Waals surface area contributed by atoms with E-state index in [0.29, 0.717) is 16.3 Å². The molecule has 0 atom stereocenters. The van der Waals surface area contributed by atoms with Crippen molar-refractivity contribution in [3.63, 3.8) is 0 Å². The number of carbonyl (C=O) groups is 1. The van der Waals surface area contributed by atoms with Crippen LogP contribution in [0.3, 0.4) is 0 Å². The summed E-state index contributed by atoms with van der Waals surface area (Å²) in [4.78, 5) is 18.1. The fraction of sp³-hybridized carbons (Fsp3) is 0.176. The van der Waals surface area contributed by atoms with Crippen LogP contribution < -0.4 is 0 Å². The lowest BCUT2D eigenvalue weighted by Gasteiger charge is -2.09. The van der Waals surface area contributed by atoms with Crippen molar-refractivity contribution in [3.8, 4) is 11.1 Å². The van der Waals surface area contributed by atoms with Gasteiger partial charge in [0.1, 0.15) is 0 Å². The highest BCUT2D eigenvalue weighted by Crippen LogP contribution is 2.28. The molecule has 0 amide bonds. The van der Waals surface area contributed by atoms with Crippen molar-refractivity contribution in [3.05, 3.63) is 53.1 Å². The molecule has 5 heteroatoms. The molecule has 114 valence electrons. The van der Waals surface area contributed by atoms with Gasteiger partial charge in [-0.3, -0.25) is 0 Å². The summed E-state index contributed by atoms with van der Waals surface area (Å²) in [6.07, 6.45) is 1.64. The van der Waals surface area contributed by atoms with Gasteiger partial charge in [0.2, 0.25) is 0 Å². The Morgan fingerprint density at radius 3 is 2.36 bits per heavy atom. The van der Waals surface area contributed by atoms with Crippen LogP contribution in [0.2, 0.25) is 5.02 Å². The Morgan fingerprint density at radius 2 is 1.77 bits per heavy atom. The zero-order valence-electron chi connectivity index (χ0n) is 12.7. The number of hydrogen-bond acceptors (Lipinski definition) is 3.